The van der Waals surface area contributed by atoms with Gasteiger partial charge in [-0.2, -0.15) is 0 Å². The van der Waals surface area contributed by atoms with Crippen LogP contribution in [0.1, 0.15) is 5.56 Å². The van der Waals surface area contributed by atoms with Crippen LogP contribution in [-0.4, -0.2) is 7.05 Å². The van der Waals surface area contributed by atoms with Crippen LogP contribution in [-0.2, 0) is 0 Å². The van der Waals surface area contributed by atoms with Gasteiger partial charge in [-0.05, 0) is 18.2 Å². The normalized spacial score (nSPS) is 9.42. The second-order valence-corrected chi connectivity index (χ2v) is 2.62. The van der Waals surface area contributed by atoms with Crippen molar-refractivity contribution in [2.75, 3.05) is 18.1 Å². The van der Waals surface area contributed by atoms with Crippen LogP contribution in [0.4, 0.5) is 11.4 Å². The maximum atomic E-state index is 5.64. The molecule has 0 aromatic heterocycles. The van der Waals surface area contributed by atoms with E-state index < -0.39 is 0 Å². The topological polar surface area (TPSA) is 64.1 Å². The molecule has 12 heavy (non-hydrogen) atoms. The van der Waals surface area contributed by atoms with E-state index in [1.54, 1.807) is 6.07 Å². The molecule has 0 aliphatic carbocycles. The molecule has 0 spiro atoms. The number of nitrogens with two attached hydrogens (primary N) is 2. The molecule has 5 N–H and O–H groups in total. The summed E-state index contributed by atoms with van der Waals surface area (Å²) in [5.41, 5.74) is 14.2. The van der Waals surface area contributed by atoms with Gasteiger partial charge in [0.2, 0.25) is 0 Å². The van der Waals surface area contributed by atoms with E-state index in [0.717, 1.165) is 11.3 Å². The zero-order valence-electron chi connectivity index (χ0n) is 7.09. The minimum Gasteiger partial charge on any atom is -0.399 e. The molecule has 0 saturated heterocycles. The minimum absolute atomic E-state index is 0.527. The van der Waals surface area contributed by atoms with E-state index in [1.807, 2.05) is 19.2 Å². The fraction of sp³-hybridized carbons (Fsp3) is 0.111. The maximum absolute atomic E-state index is 5.64. The third-order valence-electron chi connectivity index (χ3n) is 1.61. The summed E-state index contributed by atoms with van der Waals surface area (Å²) in [6, 6.07) is 5.54. The Morgan fingerprint density at radius 2 is 2.08 bits per heavy atom. The van der Waals surface area contributed by atoms with Crippen molar-refractivity contribution in [2.24, 2.45) is 5.73 Å². The van der Waals surface area contributed by atoms with Crippen LogP contribution in [0.3, 0.4) is 0 Å². The molecular formula is C9H13N3. The smallest absolute Gasteiger partial charge is 0.0364 e. The lowest BCUT2D eigenvalue weighted by Crippen LogP contribution is -1.98. The van der Waals surface area contributed by atoms with E-state index in [0.29, 0.717) is 11.4 Å². The first-order valence-electron chi connectivity index (χ1n) is 3.66. The standard InChI is InChI=1S/C9H13N3/c1-6(10)7-3-8(11)5-9(4-7)12-2/h3-5,12H,1,10-11H2,2H3. The number of benzene rings is 1. The predicted octanol–water partition coefficient (Wildman–Crippen LogP) is 1.24. The van der Waals surface area contributed by atoms with Crippen LogP contribution >= 0.6 is 0 Å². The van der Waals surface area contributed by atoms with Crippen molar-refractivity contribution in [2.45, 2.75) is 0 Å². The average molecular weight is 163 g/mol. The Kier molecular flexibility index (Phi) is 2.24. The Hall–Kier alpha value is -1.64. The average Bonchev–Trinajstić information content (AvgIpc) is 2.03. The van der Waals surface area contributed by atoms with Crippen molar-refractivity contribution >= 4 is 17.1 Å². The molecule has 64 valence electrons. The fourth-order valence-electron chi connectivity index (χ4n) is 0.981. The van der Waals surface area contributed by atoms with Crippen LogP contribution in [0.5, 0.6) is 0 Å². The highest BCUT2D eigenvalue weighted by atomic mass is 14.8. The van der Waals surface area contributed by atoms with Crippen molar-refractivity contribution in [1.29, 1.82) is 0 Å². The van der Waals surface area contributed by atoms with Crippen LogP contribution in [0, 0.1) is 0 Å². The monoisotopic (exact) mass is 163 g/mol. The van der Waals surface area contributed by atoms with Crippen molar-refractivity contribution in [3.8, 4) is 0 Å². The molecular weight excluding hydrogens is 150 g/mol. The summed E-state index contributed by atoms with van der Waals surface area (Å²) in [5.74, 6) is 0. The van der Waals surface area contributed by atoms with Gasteiger partial charge in [0, 0.05) is 29.7 Å². The molecule has 0 bridgehead atoms. The lowest BCUT2D eigenvalue weighted by molar-refractivity contribution is 1.47. The summed E-state index contributed by atoms with van der Waals surface area (Å²) in [4.78, 5) is 0. The molecule has 0 radical (unpaired) electrons. The third-order valence-corrected chi connectivity index (χ3v) is 1.61. The lowest BCUT2D eigenvalue weighted by Gasteiger charge is -2.05. The molecule has 0 saturated carbocycles. The van der Waals surface area contributed by atoms with Crippen molar-refractivity contribution in [3.63, 3.8) is 0 Å². The molecule has 3 heteroatoms. The SMILES string of the molecule is C=C(N)c1cc(N)cc(NC)c1. The quantitative estimate of drug-likeness (QED) is 0.575. The van der Waals surface area contributed by atoms with Gasteiger partial charge in [-0.3, -0.25) is 0 Å². The molecule has 1 rings (SSSR count). The summed E-state index contributed by atoms with van der Waals surface area (Å²) in [7, 11) is 1.83. The highest BCUT2D eigenvalue weighted by Gasteiger charge is 1.97. The minimum atomic E-state index is 0.527. The maximum Gasteiger partial charge on any atom is 0.0364 e. The van der Waals surface area contributed by atoms with Crippen molar-refractivity contribution in [1.82, 2.24) is 0 Å². The molecule has 0 heterocycles. The first kappa shape index (κ1) is 8.46. The molecule has 0 unspecified atom stereocenters. The molecule has 1 aromatic rings. The first-order valence-corrected chi connectivity index (χ1v) is 3.66. The van der Waals surface area contributed by atoms with Gasteiger partial charge < -0.3 is 16.8 Å². The summed E-state index contributed by atoms with van der Waals surface area (Å²) >= 11 is 0. The summed E-state index contributed by atoms with van der Waals surface area (Å²) in [5, 5.41) is 2.99. The molecule has 0 aliphatic rings. The molecule has 0 fully saturated rings. The highest BCUT2D eigenvalue weighted by molar-refractivity contribution is 5.69. The number of nitrogens with one attached hydrogen (secondary N) is 1. The summed E-state index contributed by atoms with van der Waals surface area (Å²) in [6.07, 6.45) is 0. The summed E-state index contributed by atoms with van der Waals surface area (Å²) in [6.45, 7) is 3.64. The Morgan fingerprint density at radius 1 is 1.42 bits per heavy atom. The second kappa shape index (κ2) is 3.17. The largest absolute Gasteiger partial charge is 0.399 e. The van der Waals surface area contributed by atoms with Crippen molar-refractivity contribution in [3.05, 3.63) is 30.3 Å². The Bertz CT molecular complexity index is 305. The number of hydrogen-bond acceptors (Lipinski definition) is 3. The van der Waals surface area contributed by atoms with E-state index in [1.165, 1.54) is 0 Å². The Morgan fingerprint density at radius 3 is 2.58 bits per heavy atom. The number of anilines is 2. The van der Waals surface area contributed by atoms with Gasteiger partial charge in [-0.15, -0.1) is 0 Å². The summed E-state index contributed by atoms with van der Waals surface area (Å²) < 4.78 is 0. The second-order valence-electron chi connectivity index (χ2n) is 2.62. The van der Waals surface area contributed by atoms with Crippen LogP contribution < -0.4 is 16.8 Å². The van der Waals surface area contributed by atoms with Gasteiger partial charge in [0.15, 0.2) is 0 Å². The Balaban J connectivity index is 3.15. The molecule has 1 aromatic carbocycles. The van der Waals surface area contributed by atoms with E-state index >= 15 is 0 Å². The van der Waals surface area contributed by atoms with E-state index in [-0.39, 0.29) is 0 Å². The van der Waals surface area contributed by atoms with E-state index in [9.17, 15) is 0 Å². The number of nitrogen functional groups attached to an aromatic ring is 1. The van der Waals surface area contributed by atoms with Gasteiger partial charge in [0.25, 0.3) is 0 Å². The number of rotatable bonds is 2. The lowest BCUT2D eigenvalue weighted by atomic mass is 10.1. The first-order chi connectivity index (χ1) is 5.63. The van der Waals surface area contributed by atoms with E-state index in [4.69, 9.17) is 11.5 Å². The van der Waals surface area contributed by atoms with Gasteiger partial charge in [-0.1, -0.05) is 6.58 Å². The van der Waals surface area contributed by atoms with Crippen molar-refractivity contribution < 1.29 is 0 Å². The zero-order valence-corrected chi connectivity index (χ0v) is 7.09. The van der Waals surface area contributed by atoms with Crippen LogP contribution in [0.15, 0.2) is 24.8 Å². The zero-order chi connectivity index (χ0) is 9.14. The third kappa shape index (κ3) is 1.69. The Labute approximate surface area is 72.1 Å². The van der Waals surface area contributed by atoms with E-state index in [2.05, 4.69) is 11.9 Å². The van der Waals surface area contributed by atoms with Crippen LogP contribution in [0.25, 0.3) is 5.70 Å². The molecule has 0 amide bonds. The highest BCUT2D eigenvalue weighted by Crippen LogP contribution is 2.18. The number of hydrogen-bond donors (Lipinski definition) is 3. The molecule has 0 aliphatic heterocycles. The van der Waals surface area contributed by atoms with Gasteiger partial charge in [0.05, 0.1) is 0 Å². The van der Waals surface area contributed by atoms with Crippen LogP contribution in [0.2, 0.25) is 0 Å². The molecule has 0 atom stereocenters. The molecule has 3 nitrogen and oxygen atoms in total. The van der Waals surface area contributed by atoms with Gasteiger partial charge in [-0.25, -0.2) is 0 Å². The van der Waals surface area contributed by atoms with Gasteiger partial charge >= 0.3 is 0 Å². The van der Waals surface area contributed by atoms with Gasteiger partial charge in [0.1, 0.15) is 0 Å². The fourth-order valence-corrected chi connectivity index (χ4v) is 0.981. The predicted molar refractivity (Wildman–Crippen MR) is 53.6 cm³/mol.